The van der Waals surface area contributed by atoms with Crippen molar-refractivity contribution in [3.8, 4) is 0 Å². The lowest BCUT2D eigenvalue weighted by molar-refractivity contribution is 0.292. The molecule has 3 aromatic rings. The molecule has 1 aliphatic rings. The topological polar surface area (TPSA) is 104 Å². The van der Waals surface area contributed by atoms with Crippen LogP contribution in [-0.2, 0) is 16.6 Å². The summed E-state index contributed by atoms with van der Waals surface area (Å²) in [4.78, 5) is 30.3. The first-order valence-electron chi connectivity index (χ1n) is 11.0. The molecule has 0 saturated carbocycles. The molecule has 0 radical (unpaired) electrons. The Morgan fingerprint density at radius 1 is 1.03 bits per heavy atom. The number of hydrogen-bond acceptors (Lipinski definition) is 5. The van der Waals surface area contributed by atoms with Crippen molar-refractivity contribution in [2.75, 3.05) is 30.6 Å². The lowest BCUT2D eigenvalue weighted by Crippen LogP contribution is -2.35. The van der Waals surface area contributed by atoms with Crippen molar-refractivity contribution in [1.82, 2.24) is 14.5 Å². The molecule has 0 saturated heterocycles. The van der Waals surface area contributed by atoms with Crippen molar-refractivity contribution in [3.63, 3.8) is 0 Å². The van der Waals surface area contributed by atoms with E-state index in [0.717, 1.165) is 38.7 Å². The van der Waals surface area contributed by atoms with E-state index in [0.29, 0.717) is 29.6 Å². The van der Waals surface area contributed by atoms with Crippen LogP contribution >= 0.6 is 0 Å². The molecule has 174 valence electrons. The van der Waals surface area contributed by atoms with Gasteiger partial charge in [-0.3, -0.25) is 19.0 Å². The van der Waals surface area contributed by atoms with Crippen molar-refractivity contribution < 1.29 is 8.42 Å². The number of hydrogen-bond donors (Lipinski definition) is 2. The molecule has 0 fully saturated rings. The molecule has 9 heteroatoms. The number of nitrogens with zero attached hydrogens (tertiary/aromatic N) is 2. The molecular formula is C24H28N4O4S. The van der Waals surface area contributed by atoms with E-state index < -0.39 is 15.7 Å². The first-order chi connectivity index (χ1) is 15.8. The van der Waals surface area contributed by atoms with Crippen LogP contribution in [0.1, 0.15) is 24.8 Å². The molecule has 0 bridgehead atoms. The van der Waals surface area contributed by atoms with Gasteiger partial charge in [-0.1, -0.05) is 36.4 Å². The zero-order valence-electron chi connectivity index (χ0n) is 18.6. The van der Waals surface area contributed by atoms with Gasteiger partial charge in [-0.05, 0) is 55.1 Å². The standard InChI is InChI=1S/C24H28N4O4S/c1-33(31,32)26-20-9-10-21-22(17-20)25-24(30)28(23(21)29)14-6-5-13-27-15-11-19(12-16-27)18-7-3-2-4-8-18/h2-4,7-11,17,26H,5-6,12-16H2,1H3,(H,25,30). The summed E-state index contributed by atoms with van der Waals surface area (Å²) < 4.78 is 26.4. The van der Waals surface area contributed by atoms with E-state index in [1.165, 1.54) is 33.9 Å². The molecule has 0 amide bonds. The molecule has 8 nitrogen and oxygen atoms in total. The normalized spacial score (nSPS) is 14.9. The Labute approximate surface area is 192 Å². The Morgan fingerprint density at radius 2 is 1.79 bits per heavy atom. The quantitative estimate of drug-likeness (QED) is 0.495. The van der Waals surface area contributed by atoms with E-state index in [2.05, 4.69) is 44.9 Å². The largest absolute Gasteiger partial charge is 0.328 e. The van der Waals surface area contributed by atoms with Crippen LogP contribution in [0, 0.1) is 0 Å². The van der Waals surface area contributed by atoms with Gasteiger partial charge < -0.3 is 4.98 Å². The van der Waals surface area contributed by atoms with Gasteiger partial charge in [0.25, 0.3) is 5.56 Å². The van der Waals surface area contributed by atoms with Crippen LogP contribution in [0.4, 0.5) is 5.69 Å². The Morgan fingerprint density at radius 3 is 2.48 bits per heavy atom. The van der Waals surface area contributed by atoms with Gasteiger partial charge in [0.1, 0.15) is 0 Å². The lowest BCUT2D eigenvalue weighted by atomic mass is 9.99. The highest BCUT2D eigenvalue weighted by atomic mass is 32.2. The Bertz CT molecular complexity index is 1390. The van der Waals surface area contributed by atoms with Crippen LogP contribution < -0.4 is 16.0 Å². The summed E-state index contributed by atoms with van der Waals surface area (Å²) in [5, 5.41) is 0.350. The molecule has 1 aromatic heterocycles. The van der Waals surface area contributed by atoms with Crippen LogP contribution in [0.25, 0.3) is 16.5 Å². The van der Waals surface area contributed by atoms with Gasteiger partial charge in [-0.25, -0.2) is 13.2 Å². The number of aromatic nitrogens is 2. The number of aromatic amines is 1. The second-order valence-corrected chi connectivity index (χ2v) is 10.1. The fourth-order valence-electron chi connectivity index (χ4n) is 4.17. The minimum Gasteiger partial charge on any atom is -0.307 e. The second-order valence-electron chi connectivity index (χ2n) is 8.37. The van der Waals surface area contributed by atoms with Gasteiger partial charge in [0.2, 0.25) is 10.0 Å². The number of fused-ring (bicyclic) bond motifs is 1. The molecule has 0 aliphatic carbocycles. The average molecular weight is 469 g/mol. The Kier molecular flexibility index (Phi) is 6.80. The number of H-pyrrole nitrogens is 1. The van der Waals surface area contributed by atoms with Crippen molar-refractivity contribution in [3.05, 3.63) is 81.0 Å². The maximum atomic E-state index is 12.8. The van der Waals surface area contributed by atoms with Gasteiger partial charge in [0.05, 0.1) is 22.8 Å². The van der Waals surface area contributed by atoms with E-state index in [4.69, 9.17) is 0 Å². The average Bonchev–Trinajstić information content (AvgIpc) is 2.78. The molecule has 1 aliphatic heterocycles. The molecule has 0 spiro atoms. The minimum atomic E-state index is -3.45. The summed E-state index contributed by atoms with van der Waals surface area (Å²) in [6.07, 6.45) is 5.94. The highest BCUT2D eigenvalue weighted by Gasteiger charge is 2.13. The van der Waals surface area contributed by atoms with Crippen molar-refractivity contribution in [1.29, 1.82) is 0 Å². The van der Waals surface area contributed by atoms with E-state index in [9.17, 15) is 18.0 Å². The smallest absolute Gasteiger partial charge is 0.307 e. The molecule has 2 aromatic carbocycles. The molecule has 2 heterocycles. The van der Waals surface area contributed by atoms with Gasteiger partial charge in [0.15, 0.2) is 0 Å². The highest BCUT2D eigenvalue weighted by Crippen LogP contribution is 2.22. The van der Waals surface area contributed by atoms with Gasteiger partial charge in [-0.15, -0.1) is 0 Å². The van der Waals surface area contributed by atoms with Crippen LogP contribution in [0.2, 0.25) is 0 Å². The molecular weight excluding hydrogens is 440 g/mol. The number of anilines is 1. The first kappa shape index (κ1) is 23.0. The van der Waals surface area contributed by atoms with Gasteiger partial charge in [0, 0.05) is 19.6 Å². The zero-order chi connectivity index (χ0) is 23.4. The molecule has 0 atom stereocenters. The number of rotatable bonds is 8. The maximum Gasteiger partial charge on any atom is 0.328 e. The van der Waals surface area contributed by atoms with E-state index >= 15 is 0 Å². The minimum absolute atomic E-state index is 0.295. The summed E-state index contributed by atoms with van der Waals surface area (Å²) >= 11 is 0. The number of unbranched alkanes of at least 4 members (excludes halogenated alkanes) is 1. The maximum absolute atomic E-state index is 12.8. The third-order valence-electron chi connectivity index (χ3n) is 5.83. The first-order valence-corrected chi connectivity index (χ1v) is 12.9. The fourth-order valence-corrected chi connectivity index (χ4v) is 4.72. The monoisotopic (exact) mass is 468 g/mol. The second kappa shape index (κ2) is 9.76. The SMILES string of the molecule is CS(=O)(=O)Nc1ccc2c(=O)n(CCCCN3CC=C(c4ccccc4)CC3)c(=O)[nH]c2c1. The predicted octanol–water partition coefficient (Wildman–Crippen LogP) is 2.63. The van der Waals surface area contributed by atoms with Gasteiger partial charge in [-0.2, -0.15) is 0 Å². The predicted molar refractivity (Wildman–Crippen MR) is 132 cm³/mol. The van der Waals surface area contributed by atoms with Crippen molar-refractivity contribution in [2.45, 2.75) is 25.8 Å². The van der Waals surface area contributed by atoms with E-state index in [-0.39, 0.29) is 5.56 Å². The summed E-state index contributed by atoms with van der Waals surface area (Å²) in [7, 11) is -3.45. The Balaban J connectivity index is 1.35. The molecule has 33 heavy (non-hydrogen) atoms. The zero-order valence-corrected chi connectivity index (χ0v) is 19.4. The van der Waals surface area contributed by atoms with Crippen LogP contribution in [0.3, 0.4) is 0 Å². The highest BCUT2D eigenvalue weighted by molar-refractivity contribution is 7.92. The van der Waals surface area contributed by atoms with Crippen LogP contribution in [0.15, 0.2) is 64.2 Å². The number of nitrogens with one attached hydrogen (secondary N) is 2. The third-order valence-corrected chi connectivity index (χ3v) is 6.44. The molecule has 4 rings (SSSR count). The van der Waals surface area contributed by atoms with Crippen molar-refractivity contribution in [2.24, 2.45) is 0 Å². The van der Waals surface area contributed by atoms with Gasteiger partial charge >= 0.3 is 5.69 Å². The van der Waals surface area contributed by atoms with E-state index in [1.807, 2.05) is 6.07 Å². The fraction of sp³-hybridized carbons (Fsp3) is 0.333. The summed E-state index contributed by atoms with van der Waals surface area (Å²) in [6.45, 7) is 3.16. The molecule has 0 unspecified atom stereocenters. The number of benzene rings is 2. The summed E-state index contributed by atoms with van der Waals surface area (Å²) in [5.74, 6) is 0. The molecule has 2 N–H and O–H groups in total. The third kappa shape index (κ3) is 5.80. The van der Waals surface area contributed by atoms with E-state index in [1.54, 1.807) is 0 Å². The Hall–Kier alpha value is -3.17. The van der Waals surface area contributed by atoms with Crippen LogP contribution in [0.5, 0.6) is 0 Å². The van der Waals surface area contributed by atoms with Crippen LogP contribution in [-0.4, -0.2) is 48.8 Å². The lowest BCUT2D eigenvalue weighted by Gasteiger charge is -2.26. The van der Waals surface area contributed by atoms with Crippen molar-refractivity contribution >= 4 is 32.2 Å². The summed E-state index contributed by atoms with van der Waals surface area (Å²) in [5.41, 5.74) is 2.42. The summed E-state index contributed by atoms with van der Waals surface area (Å²) in [6, 6.07) is 14.9. The number of sulfonamides is 1.